The lowest BCUT2D eigenvalue weighted by Gasteiger charge is -2.11. The molecule has 17 heavy (non-hydrogen) atoms. The number of nitrogens with zero attached hydrogens (tertiary/aromatic N) is 2. The van der Waals surface area contributed by atoms with Gasteiger partial charge in [-0.3, -0.25) is 14.9 Å². The number of rotatable bonds is 5. The first-order valence-corrected chi connectivity index (χ1v) is 5.14. The van der Waals surface area contributed by atoms with Crippen molar-refractivity contribution >= 4 is 11.6 Å². The predicted molar refractivity (Wildman–Crippen MR) is 63.9 cm³/mol. The Hall–Kier alpha value is -1.95. The van der Waals surface area contributed by atoms with E-state index in [0.29, 0.717) is 18.5 Å². The van der Waals surface area contributed by atoms with Crippen LogP contribution in [0.4, 0.5) is 5.69 Å². The number of hydrogen-bond acceptors (Lipinski definition) is 4. The summed E-state index contributed by atoms with van der Waals surface area (Å²) in [6.45, 7) is 0.616. The van der Waals surface area contributed by atoms with Crippen LogP contribution in [-0.2, 0) is 6.42 Å². The fourth-order valence-corrected chi connectivity index (χ4v) is 1.57. The van der Waals surface area contributed by atoms with Crippen molar-refractivity contribution in [2.24, 2.45) is 5.73 Å². The summed E-state index contributed by atoms with van der Waals surface area (Å²) in [6, 6.07) is 4.37. The summed E-state index contributed by atoms with van der Waals surface area (Å²) in [5.41, 5.74) is 5.79. The normalized spacial score (nSPS) is 10.5. The minimum Gasteiger partial charge on any atom is -0.366 e. The SMILES string of the molecule is CN(C)CCc1c(C(N)=O)cccc1[N+](=O)[O-]. The van der Waals surface area contributed by atoms with Crippen molar-refractivity contribution in [1.82, 2.24) is 4.90 Å². The first-order valence-electron chi connectivity index (χ1n) is 5.14. The first-order chi connectivity index (χ1) is 7.93. The molecule has 0 aliphatic rings. The van der Waals surface area contributed by atoms with E-state index < -0.39 is 10.8 Å². The molecule has 0 aromatic heterocycles. The quantitative estimate of drug-likeness (QED) is 0.605. The van der Waals surface area contributed by atoms with Crippen molar-refractivity contribution in [2.45, 2.75) is 6.42 Å². The second kappa shape index (κ2) is 5.40. The van der Waals surface area contributed by atoms with Gasteiger partial charge in [0.2, 0.25) is 5.91 Å². The maximum absolute atomic E-state index is 11.2. The van der Waals surface area contributed by atoms with Crippen LogP contribution in [-0.4, -0.2) is 36.4 Å². The van der Waals surface area contributed by atoms with Crippen LogP contribution >= 0.6 is 0 Å². The lowest BCUT2D eigenvalue weighted by molar-refractivity contribution is -0.385. The number of nitrogens with two attached hydrogens (primary N) is 1. The van der Waals surface area contributed by atoms with E-state index in [1.54, 1.807) is 0 Å². The van der Waals surface area contributed by atoms with E-state index in [9.17, 15) is 14.9 Å². The maximum Gasteiger partial charge on any atom is 0.273 e. The highest BCUT2D eigenvalue weighted by Gasteiger charge is 2.19. The number of carbonyl (C=O) groups is 1. The van der Waals surface area contributed by atoms with E-state index >= 15 is 0 Å². The van der Waals surface area contributed by atoms with Gasteiger partial charge in [0.05, 0.1) is 4.92 Å². The molecule has 1 aromatic rings. The largest absolute Gasteiger partial charge is 0.366 e. The lowest BCUT2D eigenvalue weighted by Crippen LogP contribution is -2.20. The molecule has 0 saturated carbocycles. The van der Waals surface area contributed by atoms with Crippen LogP contribution in [0.3, 0.4) is 0 Å². The number of amides is 1. The van der Waals surface area contributed by atoms with Crippen LogP contribution in [0.1, 0.15) is 15.9 Å². The molecule has 0 radical (unpaired) electrons. The van der Waals surface area contributed by atoms with E-state index in [-0.39, 0.29) is 11.3 Å². The van der Waals surface area contributed by atoms with Crippen LogP contribution in [0, 0.1) is 10.1 Å². The number of hydrogen-bond donors (Lipinski definition) is 1. The average molecular weight is 237 g/mol. The minimum atomic E-state index is -0.637. The highest BCUT2D eigenvalue weighted by Crippen LogP contribution is 2.22. The molecule has 0 unspecified atom stereocenters. The zero-order valence-corrected chi connectivity index (χ0v) is 9.84. The van der Waals surface area contributed by atoms with Gasteiger partial charge in [-0.25, -0.2) is 0 Å². The van der Waals surface area contributed by atoms with E-state index in [0.717, 1.165) is 0 Å². The summed E-state index contributed by atoms with van der Waals surface area (Å²) >= 11 is 0. The third-order valence-electron chi connectivity index (χ3n) is 2.42. The van der Waals surface area contributed by atoms with Crippen molar-refractivity contribution in [3.05, 3.63) is 39.4 Å². The Labute approximate surface area is 99.2 Å². The highest BCUT2D eigenvalue weighted by molar-refractivity contribution is 5.95. The van der Waals surface area contributed by atoms with Gasteiger partial charge < -0.3 is 10.6 Å². The van der Waals surface area contributed by atoms with Crippen LogP contribution in [0.25, 0.3) is 0 Å². The van der Waals surface area contributed by atoms with Gasteiger partial charge in [0.25, 0.3) is 5.69 Å². The summed E-state index contributed by atoms with van der Waals surface area (Å²) in [5, 5.41) is 10.9. The lowest BCUT2D eigenvalue weighted by atomic mass is 10.0. The molecular formula is C11H15N3O3. The smallest absolute Gasteiger partial charge is 0.273 e. The molecule has 1 rings (SSSR count). The Morgan fingerprint density at radius 2 is 2.12 bits per heavy atom. The summed E-state index contributed by atoms with van der Waals surface area (Å²) in [5.74, 6) is -0.637. The molecule has 2 N–H and O–H groups in total. The van der Waals surface area contributed by atoms with Gasteiger partial charge in [-0.2, -0.15) is 0 Å². The van der Waals surface area contributed by atoms with E-state index in [4.69, 9.17) is 5.73 Å². The molecule has 0 fully saturated rings. The molecule has 0 aliphatic carbocycles. The van der Waals surface area contributed by atoms with Crippen LogP contribution in [0.5, 0.6) is 0 Å². The highest BCUT2D eigenvalue weighted by atomic mass is 16.6. The van der Waals surface area contributed by atoms with Crippen molar-refractivity contribution in [3.63, 3.8) is 0 Å². The Morgan fingerprint density at radius 1 is 1.47 bits per heavy atom. The molecule has 0 bridgehead atoms. The topological polar surface area (TPSA) is 89.5 Å². The van der Waals surface area contributed by atoms with Crippen LogP contribution in [0.15, 0.2) is 18.2 Å². The standard InChI is InChI=1S/C11H15N3O3/c1-13(2)7-6-8-9(11(12)15)4-3-5-10(8)14(16)17/h3-5H,6-7H2,1-2H3,(H2,12,15). The number of nitro groups is 1. The average Bonchev–Trinajstić information content (AvgIpc) is 2.25. The van der Waals surface area contributed by atoms with Crippen molar-refractivity contribution in [1.29, 1.82) is 0 Å². The number of nitro benzene ring substituents is 1. The summed E-state index contributed by atoms with van der Waals surface area (Å²) < 4.78 is 0. The van der Waals surface area contributed by atoms with Gasteiger partial charge >= 0.3 is 0 Å². The van der Waals surface area contributed by atoms with E-state index in [1.807, 2.05) is 19.0 Å². The first kappa shape index (κ1) is 13.1. The molecule has 6 heteroatoms. The Morgan fingerprint density at radius 3 is 2.59 bits per heavy atom. The number of primary amides is 1. The van der Waals surface area contributed by atoms with Gasteiger partial charge in [0.1, 0.15) is 0 Å². The fourth-order valence-electron chi connectivity index (χ4n) is 1.57. The summed E-state index contributed by atoms with van der Waals surface area (Å²) in [6.07, 6.45) is 0.419. The second-order valence-corrected chi connectivity index (χ2v) is 3.98. The molecule has 92 valence electrons. The van der Waals surface area contributed by atoms with Gasteiger partial charge in [-0.05, 0) is 26.6 Å². The maximum atomic E-state index is 11.2. The number of likely N-dealkylation sites (N-methyl/N-ethyl adjacent to an activating group) is 1. The molecule has 6 nitrogen and oxygen atoms in total. The third kappa shape index (κ3) is 3.25. The molecule has 0 saturated heterocycles. The second-order valence-electron chi connectivity index (χ2n) is 3.98. The Balaban J connectivity index is 3.19. The molecule has 0 spiro atoms. The van der Waals surface area contributed by atoms with Crippen LogP contribution in [0.2, 0.25) is 0 Å². The molecule has 0 aliphatic heterocycles. The fraction of sp³-hybridized carbons (Fsp3) is 0.364. The monoisotopic (exact) mass is 237 g/mol. The van der Waals surface area contributed by atoms with Crippen molar-refractivity contribution in [2.75, 3.05) is 20.6 Å². The Bertz CT molecular complexity index is 411. The molecule has 1 amide bonds. The van der Waals surface area contributed by atoms with Gasteiger partial charge in [-0.1, -0.05) is 6.07 Å². The zero-order valence-electron chi connectivity index (χ0n) is 9.84. The minimum absolute atomic E-state index is 0.0526. The van der Waals surface area contributed by atoms with Gasteiger partial charge in [0.15, 0.2) is 0 Å². The molecule has 0 atom stereocenters. The molecule has 1 aromatic carbocycles. The van der Waals surface area contributed by atoms with Crippen LogP contribution < -0.4 is 5.73 Å². The van der Waals surface area contributed by atoms with Gasteiger partial charge in [0, 0.05) is 23.7 Å². The predicted octanol–water partition coefficient (Wildman–Crippen LogP) is 0.798. The summed E-state index contributed by atoms with van der Waals surface area (Å²) in [4.78, 5) is 23.5. The third-order valence-corrected chi connectivity index (χ3v) is 2.42. The Kier molecular flexibility index (Phi) is 4.17. The number of benzene rings is 1. The van der Waals surface area contributed by atoms with E-state index in [2.05, 4.69) is 0 Å². The zero-order chi connectivity index (χ0) is 13.0. The van der Waals surface area contributed by atoms with E-state index in [1.165, 1.54) is 18.2 Å². The number of carbonyl (C=O) groups excluding carboxylic acids is 1. The summed E-state index contributed by atoms with van der Waals surface area (Å²) in [7, 11) is 3.72. The molecular weight excluding hydrogens is 222 g/mol. The van der Waals surface area contributed by atoms with Gasteiger partial charge in [-0.15, -0.1) is 0 Å². The molecule has 0 heterocycles. The van der Waals surface area contributed by atoms with Crippen molar-refractivity contribution in [3.8, 4) is 0 Å². The van der Waals surface area contributed by atoms with Crippen molar-refractivity contribution < 1.29 is 9.72 Å².